The van der Waals surface area contributed by atoms with E-state index in [2.05, 4.69) is 5.32 Å². The van der Waals surface area contributed by atoms with Crippen LogP contribution in [0.4, 0.5) is 0 Å². The smallest absolute Gasteiger partial charge is 0.193 e. The third-order valence-electron chi connectivity index (χ3n) is 2.62. The molecule has 17 heavy (non-hydrogen) atoms. The third-order valence-corrected chi connectivity index (χ3v) is 2.82. The van der Waals surface area contributed by atoms with Crippen LogP contribution in [0.25, 0.3) is 0 Å². The Balaban J connectivity index is 2.41. The molecule has 1 aromatic heterocycles. The average Bonchev–Trinajstić information content (AvgIpc) is 2.77. The lowest BCUT2D eigenvalue weighted by atomic mass is 10.0. The van der Waals surface area contributed by atoms with Gasteiger partial charge in [0.25, 0.3) is 0 Å². The molecule has 0 saturated heterocycles. The van der Waals surface area contributed by atoms with Gasteiger partial charge in [0.05, 0.1) is 13.2 Å². The van der Waals surface area contributed by atoms with Gasteiger partial charge in [-0.15, -0.1) is 0 Å². The van der Waals surface area contributed by atoms with Crippen molar-refractivity contribution in [2.75, 3.05) is 14.2 Å². The number of benzene rings is 1. The summed E-state index contributed by atoms with van der Waals surface area (Å²) in [6, 6.07) is 11.3. The topological polar surface area (TPSA) is 34.4 Å². The van der Waals surface area contributed by atoms with E-state index < -0.39 is 0 Å². The lowest BCUT2D eigenvalue weighted by molar-refractivity contribution is 0.397. The van der Waals surface area contributed by atoms with Crippen LogP contribution in [0.15, 0.2) is 40.8 Å². The van der Waals surface area contributed by atoms with E-state index in [1.807, 2.05) is 37.4 Å². The van der Waals surface area contributed by atoms with Crippen LogP contribution in [0.1, 0.15) is 17.4 Å². The highest BCUT2D eigenvalue weighted by Gasteiger charge is 2.19. The second-order valence-electron chi connectivity index (χ2n) is 3.61. The fourth-order valence-electron chi connectivity index (χ4n) is 1.84. The second kappa shape index (κ2) is 5.25. The Hall–Kier alpha value is -1.45. The van der Waals surface area contributed by atoms with E-state index in [1.54, 1.807) is 13.2 Å². The Morgan fingerprint density at radius 2 is 2.00 bits per heavy atom. The highest BCUT2D eigenvalue weighted by atomic mass is 35.5. The lowest BCUT2D eigenvalue weighted by Crippen LogP contribution is -2.17. The van der Waals surface area contributed by atoms with E-state index in [9.17, 15) is 0 Å². The van der Waals surface area contributed by atoms with Crippen molar-refractivity contribution in [3.8, 4) is 5.75 Å². The summed E-state index contributed by atoms with van der Waals surface area (Å²) in [4.78, 5) is 0. The molecule has 1 aromatic carbocycles. The van der Waals surface area contributed by atoms with Crippen molar-refractivity contribution in [1.29, 1.82) is 0 Å². The van der Waals surface area contributed by atoms with Crippen LogP contribution in [0.5, 0.6) is 5.75 Å². The molecule has 0 spiro atoms. The maximum atomic E-state index is 5.80. The highest BCUT2D eigenvalue weighted by Crippen LogP contribution is 2.31. The minimum atomic E-state index is -0.0707. The number of ether oxygens (including phenoxy) is 1. The van der Waals surface area contributed by atoms with Crippen molar-refractivity contribution in [3.05, 3.63) is 52.9 Å². The zero-order chi connectivity index (χ0) is 12.3. The highest BCUT2D eigenvalue weighted by molar-refractivity contribution is 6.28. The molecule has 1 atom stereocenters. The summed E-state index contributed by atoms with van der Waals surface area (Å²) < 4.78 is 10.8. The number of hydrogen-bond acceptors (Lipinski definition) is 3. The van der Waals surface area contributed by atoms with Gasteiger partial charge >= 0.3 is 0 Å². The molecule has 1 unspecified atom stereocenters. The first kappa shape index (κ1) is 12.0. The van der Waals surface area contributed by atoms with Gasteiger partial charge in [-0.3, -0.25) is 0 Å². The molecule has 2 rings (SSSR count). The number of furan rings is 1. The number of rotatable bonds is 4. The molecule has 1 N–H and O–H groups in total. The zero-order valence-corrected chi connectivity index (χ0v) is 10.5. The van der Waals surface area contributed by atoms with Gasteiger partial charge in [0.1, 0.15) is 11.5 Å². The summed E-state index contributed by atoms with van der Waals surface area (Å²) >= 11 is 5.80. The molecule has 0 aliphatic heterocycles. The van der Waals surface area contributed by atoms with Crippen molar-refractivity contribution < 1.29 is 9.15 Å². The summed E-state index contributed by atoms with van der Waals surface area (Å²) in [6.07, 6.45) is 0. The molecule has 2 aromatic rings. The molecule has 0 saturated carbocycles. The molecule has 0 radical (unpaired) electrons. The Bertz CT molecular complexity index is 496. The molecule has 0 aliphatic carbocycles. The predicted molar refractivity (Wildman–Crippen MR) is 67.6 cm³/mol. The Morgan fingerprint density at radius 3 is 2.59 bits per heavy atom. The summed E-state index contributed by atoms with van der Waals surface area (Å²) in [5.74, 6) is 1.58. The van der Waals surface area contributed by atoms with E-state index in [4.69, 9.17) is 20.8 Å². The molecule has 3 nitrogen and oxygen atoms in total. The number of methoxy groups -OCH3 is 1. The predicted octanol–water partition coefficient (Wildman–Crippen LogP) is 3.25. The van der Waals surface area contributed by atoms with Crippen molar-refractivity contribution in [3.63, 3.8) is 0 Å². The molecule has 0 amide bonds. The van der Waals surface area contributed by atoms with Crippen LogP contribution < -0.4 is 10.1 Å². The van der Waals surface area contributed by atoms with Gasteiger partial charge in [-0.05, 0) is 36.8 Å². The monoisotopic (exact) mass is 251 g/mol. The van der Waals surface area contributed by atoms with E-state index in [0.29, 0.717) is 5.22 Å². The second-order valence-corrected chi connectivity index (χ2v) is 3.98. The van der Waals surface area contributed by atoms with Crippen LogP contribution in [-0.4, -0.2) is 14.2 Å². The van der Waals surface area contributed by atoms with Crippen LogP contribution in [-0.2, 0) is 0 Å². The normalized spacial score (nSPS) is 12.4. The molecule has 90 valence electrons. The lowest BCUT2D eigenvalue weighted by Gasteiger charge is -2.17. The Morgan fingerprint density at radius 1 is 1.24 bits per heavy atom. The molecule has 0 aliphatic rings. The Kier molecular flexibility index (Phi) is 3.71. The number of halogens is 1. The fourth-order valence-corrected chi connectivity index (χ4v) is 1.99. The van der Waals surface area contributed by atoms with Crippen LogP contribution >= 0.6 is 11.6 Å². The van der Waals surface area contributed by atoms with Gasteiger partial charge in [-0.25, -0.2) is 0 Å². The number of hydrogen-bond donors (Lipinski definition) is 1. The van der Waals surface area contributed by atoms with E-state index in [-0.39, 0.29) is 6.04 Å². The van der Waals surface area contributed by atoms with E-state index in [1.165, 1.54) is 0 Å². The minimum absolute atomic E-state index is 0.0707. The first-order valence-electron chi connectivity index (χ1n) is 5.31. The fraction of sp³-hybridized carbons (Fsp3) is 0.231. The molecular weight excluding hydrogens is 238 g/mol. The molecule has 0 bridgehead atoms. The molecule has 1 heterocycles. The standard InChI is InChI=1S/C13H14ClNO2/c1-15-13(11-7-8-12(14)17-11)9-5-3-4-6-10(9)16-2/h3-8,13,15H,1-2H3. The maximum Gasteiger partial charge on any atom is 0.193 e. The van der Waals surface area contributed by atoms with Gasteiger partial charge in [0, 0.05) is 5.56 Å². The summed E-state index contributed by atoms with van der Waals surface area (Å²) in [7, 11) is 3.52. The van der Waals surface area contributed by atoms with Crippen LogP contribution in [0, 0.1) is 0 Å². The van der Waals surface area contributed by atoms with Crippen molar-refractivity contribution in [2.24, 2.45) is 0 Å². The van der Waals surface area contributed by atoms with Crippen molar-refractivity contribution in [1.82, 2.24) is 5.32 Å². The number of nitrogens with one attached hydrogen (secondary N) is 1. The summed E-state index contributed by atoms with van der Waals surface area (Å²) in [6.45, 7) is 0. The van der Waals surface area contributed by atoms with Gasteiger partial charge in [-0.2, -0.15) is 0 Å². The molecule has 4 heteroatoms. The van der Waals surface area contributed by atoms with E-state index in [0.717, 1.165) is 17.1 Å². The first-order chi connectivity index (χ1) is 8.26. The average molecular weight is 252 g/mol. The van der Waals surface area contributed by atoms with Gasteiger partial charge < -0.3 is 14.5 Å². The maximum absolute atomic E-state index is 5.80. The van der Waals surface area contributed by atoms with Crippen LogP contribution in [0.3, 0.4) is 0 Å². The van der Waals surface area contributed by atoms with Gasteiger partial charge in [0.2, 0.25) is 0 Å². The zero-order valence-electron chi connectivity index (χ0n) is 9.74. The molecular formula is C13H14ClNO2. The minimum Gasteiger partial charge on any atom is -0.496 e. The Labute approximate surface area is 105 Å². The quantitative estimate of drug-likeness (QED) is 0.906. The molecule has 0 fully saturated rings. The van der Waals surface area contributed by atoms with Gasteiger partial charge in [0.15, 0.2) is 5.22 Å². The van der Waals surface area contributed by atoms with Gasteiger partial charge in [-0.1, -0.05) is 18.2 Å². The number of para-hydroxylation sites is 1. The summed E-state index contributed by atoms with van der Waals surface area (Å²) in [5, 5.41) is 3.57. The third kappa shape index (κ3) is 2.46. The summed E-state index contributed by atoms with van der Waals surface area (Å²) in [5.41, 5.74) is 1.02. The van der Waals surface area contributed by atoms with Crippen molar-refractivity contribution in [2.45, 2.75) is 6.04 Å². The largest absolute Gasteiger partial charge is 0.496 e. The SMILES string of the molecule is CNC(c1ccc(Cl)o1)c1ccccc1OC. The first-order valence-corrected chi connectivity index (χ1v) is 5.69. The van der Waals surface area contributed by atoms with Crippen molar-refractivity contribution >= 4 is 11.6 Å². The van der Waals surface area contributed by atoms with Crippen LogP contribution in [0.2, 0.25) is 5.22 Å². The van der Waals surface area contributed by atoms with E-state index >= 15 is 0 Å².